The topological polar surface area (TPSA) is 105 Å². The summed E-state index contributed by atoms with van der Waals surface area (Å²) in [5.74, 6) is -0.293. The zero-order chi connectivity index (χ0) is 31.6. The molecule has 44 heavy (non-hydrogen) atoms. The van der Waals surface area contributed by atoms with Crippen molar-refractivity contribution in [3.8, 4) is 0 Å². The lowest BCUT2D eigenvalue weighted by Gasteiger charge is -2.23. The summed E-state index contributed by atoms with van der Waals surface area (Å²) < 4.78 is 17.7. The van der Waals surface area contributed by atoms with Crippen molar-refractivity contribution in [1.29, 1.82) is 0 Å². The molecule has 7 heteroatoms. The van der Waals surface area contributed by atoms with Gasteiger partial charge in [-0.05, 0) is 70.8 Å². The van der Waals surface area contributed by atoms with Crippen LogP contribution in [-0.2, 0) is 19.0 Å². The largest absolute Gasteiger partial charge is 0.455 e. The highest BCUT2D eigenvalue weighted by atomic mass is 16.6. The van der Waals surface area contributed by atoms with Crippen LogP contribution < -0.4 is 0 Å². The van der Waals surface area contributed by atoms with Crippen LogP contribution in [0.15, 0.2) is 11.6 Å². The quantitative estimate of drug-likeness (QED) is 0.0703. The third kappa shape index (κ3) is 14.6. The van der Waals surface area contributed by atoms with Crippen LogP contribution in [0.5, 0.6) is 0 Å². The van der Waals surface area contributed by atoms with Crippen molar-refractivity contribution in [2.45, 2.75) is 217 Å². The molecule has 256 valence electrons. The van der Waals surface area contributed by atoms with Crippen LogP contribution in [0.25, 0.3) is 0 Å². The van der Waals surface area contributed by atoms with Gasteiger partial charge in [0.15, 0.2) is 0 Å². The molecule has 3 rings (SSSR count). The van der Waals surface area contributed by atoms with Crippen molar-refractivity contribution in [2.75, 3.05) is 0 Å². The van der Waals surface area contributed by atoms with E-state index in [9.17, 15) is 20.1 Å². The molecule has 0 aromatic carbocycles. The van der Waals surface area contributed by atoms with Gasteiger partial charge in [-0.2, -0.15) is 0 Å². The van der Waals surface area contributed by atoms with Crippen molar-refractivity contribution >= 4 is 5.97 Å². The van der Waals surface area contributed by atoms with Gasteiger partial charge in [-0.1, -0.05) is 96.8 Å². The first-order valence-electron chi connectivity index (χ1n) is 18.6. The molecule has 7 nitrogen and oxygen atoms in total. The predicted octanol–water partition coefficient (Wildman–Crippen LogP) is 7.86. The van der Waals surface area contributed by atoms with E-state index in [2.05, 4.69) is 6.92 Å². The Morgan fingerprint density at radius 2 is 1.27 bits per heavy atom. The minimum Gasteiger partial charge on any atom is -0.455 e. The fourth-order valence-electron chi connectivity index (χ4n) is 7.27. The molecule has 0 amide bonds. The fourth-order valence-corrected chi connectivity index (χ4v) is 7.27. The van der Waals surface area contributed by atoms with Gasteiger partial charge in [0.2, 0.25) is 0 Å². The van der Waals surface area contributed by atoms with E-state index in [4.69, 9.17) is 14.2 Å². The third-order valence-corrected chi connectivity index (χ3v) is 10.0. The molecule has 0 aliphatic carbocycles. The Hall–Kier alpha value is -0.990. The standard InChI is InChI=1S/C37H66O7/c1-3-4-5-6-7-8-9-11-14-17-30(38)20-21-32-22-23-35(43-32)36-25-24-34(44-36)33(40)19-16-13-10-12-15-18-31(39)27-29-26-28(2)42-37(29)41/h26,28,30-36,38-40H,3-25,27H2,1-2H3/t28-,30-,31+,32+,33-,34-,35-,36-/m0/s1. The molecule has 8 atom stereocenters. The van der Waals surface area contributed by atoms with Gasteiger partial charge in [-0.15, -0.1) is 0 Å². The average Bonchev–Trinajstić information content (AvgIpc) is 3.75. The monoisotopic (exact) mass is 622 g/mol. The van der Waals surface area contributed by atoms with Crippen LogP contribution in [0.2, 0.25) is 0 Å². The summed E-state index contributed by atoms with van der Waals surface area (Å²) >= 11 is 0. The van der Waals surface area contributed by atoms with Gasteiger partial charge in [0, 0.05) is 12.0 Å². The van der Waals surface area contributed by atoms with Crippen molar-refractivity contribution < 1.29 is 34.3 Å². The molecule has 0 bridgehead atoms. The Labute approximate surface area is 268 Å². The summed E-state index contributed by atoms with van der Waals surface area (Å²) in [5, 5.41) is 31.4. The predicted molar refractivity (Wildman–Crippen MR) is 175 cm³/mol. The summed E-state index contributed by atoms with van der Waals surface area (Å²) in [6.45, 7) is 4.09. The fraction of sp³-hybridized carbons (Fsp3) is 0.919. The summed E-state index contributed by atoms with van der Waals surface area (Å²) in [6, 6.07) is 0. The second kappa shape index (κ2) is 21.7. The second-order valence-electron chi connectivity index (χ2n) is 14.1. The minimum absolute atomic E-state index is 0.0861. The molecule has 3 heterocycles. The summed E-state index contributed by atoms with van der Waals surface area (Å²) in [7, 11) is 0. The van der Waals surface area contributed by atoms with Gasteiger partial charge >= 0.3 is 5.97 Å². The molecule has 0 radical (unpaired) electrons. The highest BCUT2D eigenvalue weighted by Gasteiger charge is 2.39. The number of rotatable bonds is 25. The van der Waals surface area contributed by atoms with Crippen LogP contribution in [0, 0.1) is 0 Å². The summed E-state index contributed by atoms with van der Waals surface area (Å²) in [4.78, 5) is 11.7. The molecule has 3 N–H and O–H groups in total. The van der Waals surface area contributed by atoms with E-state index in [1.807, 2.05) is 6.92 Å². The van der Waals surface area contributed by atoms with E-state index in [0.29, 0.717) is 18.4 Å². The Morgan fingerprint density at radius 1 is 0.705 bits per heavy atom. The summed E-state index contributed by atoms with van der Waals surface area (Å²) in [5.41, 5.74) is 0.601. The number of aliphatic hydroxyl groups excluding tert-OH is 3. The zero-order valence-corrected chi connectivity index (χ0v) is 28.1. The van der Waals surface area contributed by atoms with E-state index in [1.54, 1.807) is 6.08 Å². The van der Waals surface area contributed by atoms with E-state index < -0.39 is 12.2 Å². The number of hydrogen-bond acceptors (Lipinski definition) is 7. The molecular weight excluding hydrogens is 556 g/mol. The van der Waals surface area contributed by atoms with Crippen LogP contribution in [0.3, 0.4) is 0 Å². The van der Waals surface area contributed by atoms with Gasteiger partial charge in [0.05, 0.1) is 42.7 Å². The van der Waals surface area contributed by atoms with E-state index >= 15 is 0 Å². The van der Waals surface area contributed by atoms with Gasteiger partial charge in [-0.25, -0.2) is 4.79 Å². The number of carbonyl (C=O) groups excluding carboxylic acids is 1. The van der Waals surface area contributed by atoms with Crippen LogP contribution in [0.4, 0.5) is 0 Å². The van der Waals surface area contributed by atoms with Gasteiger partial charge in [0.1, 0.15) is 6.10 Å². The Kier molecular flexibility index (Phi) is 18.5. The number of unbranched alkanes of at least 4 members (excludes halogenated alkanes) is 12. The van der Waals surface area contributed by atoms with E-state index in [0.717, 1.165) is 89.9 Å². The molecule has 0 spiro atoms. The number of ether oxygens (including phenoxy) is 3. The van der Waals surface area contributed by atoms with E-state index in [1.165, 1.54) is 51.4 Å². The van der Waals surface area contributed by atoms with Crippen LogP contribution in [0.1, 0.15) is 168 Å². The van der Waals surface area contributed by atoms with Gasteiger partial charge < -0.3 is 29.5 Å². The smallest absolute Gasteiger partial charge is 0.334 e. The van der Waals surface area contributed by atoms with Crippen molar-refractivity contribution in [2.24, 2.45) is 0 Å². The first-order chi connectivity index (χ1) is 21.4. The van der Waals surface area contributed by atoms with Gasteiger partial charge in [-0.3, -0.25) is 0 Å². The molecular formula is C37H66O7. The highest BCUT2D eigenvalue weighted by Crippen LogP contribution is 2.34. The first-order valence-corrected chi connectivity index (χ1v) is 18.6. The maximum atomic E-state index is 11.7. The molecule has 3 aliphatic heterocycles. The lowest BCUT2D eigenvalue weighted by atomic mass is 10.00. The maximum Gasteiger partial charge on any atom is 0.334 e. The number of hydrogen-bond donors (Lipinski definition) is 3. The molecule has 0 unspecified atom stereocenters. The van der Waals surface area contributed by atoms with Crippen LogP contribution >= 0.6 is 0 Å². The van der Waals surface area contributed by atoms with Gasteiger partial charge in [0.25, 0.3) is 0 Å². The summed E-state index contributed by atoms with van der Waals surface area (Å²) in [6.07, 6.45) is 26.2. The SMILES string of the molecule is CCCCCCCCCCC[C@H](O)CC[C@@H]1CC[C@@H]([C@@H]2CC[C@@H]([C@@H](O)CCCCCCC[C@@H](O)CC3=C[C@H](C)OC3=O)O2)O1. The lowest BCUT2D eigenvalue weighted by molar-refractivity contribution is -0.139. The molecule has 3 aliphatic rings. The third-order valence-electron chi connectivity index (χ3n) is 10.0. The normalized spacial score (nSPS) is 27.4. The number of aliphatic hydroxyl groups is 3. The molecule has 0 aromatic rings. The number of carbonyl (C=O) groups is 1. The Balaban J connectivity index is 1.14. The maximum absolute atomic E-state index is 11.7. The number of esters is 1. The Bertz CT molecular complexity index is 801. The molecule has 2 fully saturated rings. The van der Waals surface area contributed by atoms with Crippen molar-refractivity contribution in [3.05, 3.63) is 11.6 Å². The van der Waals surface area contributed by atoms with E-state index in [-0.39, 0.29) is 42.6 Å². The number of cyclic esters (lactones) is 1. The minimum atomic E-state index is -0.492. The molecule has 0 saturated carbocycles. The Morgan fingerprint density at radius 3 is 1.91 bits per heavy atom. The average molecular weight is 623 g/mol. The zero-order valence-electron chi connectivity index (χ0n) is 28.1. The first kappa shape index (κ1) is 37.5. The lowest BCUT2D eigenvalue weighted by Crippen LogP contribution is -2.31. The van der Waals surface area contributed by atoms with Crippen LogP contribution in [-0.4, -0.2) is 70.1 Å². The second-order valence-corrected chi connectivity index (χ2v) is 14.1. The molecule has 2 saturated heterocycles. The molecule has 0 aromatic heterocycles. The highest BCUT2D eigenvalue weighted by molar-refractivity contribution is 5.90. The van der Waals surface area contributed by atoms with Crippen molar-refractivity contribution in [3.63, 3.8) is 0 Å². The van der Waals surface area contributed by atoms with Crippen molar-refractivity contribution in [1.82, 2.24) is 0 Å².